The topological polar surface area (TPSA) is 80.2 Å². The zero-order valence-corrected chi connectivity index (χ0v) is 23.5. The summed E-state index contributed by atoms with van der Waals surface area (Å²) in [6.45, 7) is 5.14. The summed E-state index contributed by atoms with van der Waals surface area (Å²) in [4.78, 5) is 28.5. The van der Waals surface area contributed by atoms with E-state index >= 15 is 0 Å². The van der Waals surface area contributed by atoms with Crippen LogP contribution < -0.4 is 5.32 Å². The number of piperidine rings is 1. The van der Waals surface area contributed by atoms with Gasteiger partial charge in [0.1, 0.15) is 0 Å². The summed E-state index contributed by atoms with van der Waals surface area (Å²) >= 11 is 1.43. The molecule has 7 nitrogen and oxygen atoms in total. The Hall–Kier alpha value is -3.99. The monoisotopic (exact) mass is 581 g/mol. The molecule has 1 saturated heterocycles. The van der Waals surface area contributed by atoms with Gasteiger partial charge < -0.3 is 15.0 Å². The molecular weight excluding hydrogens is 551 g/mol. The van der Waals surface area contributed by atoms with Crippen LogP contribution >= 0.6 is 11.3 Å². The number of thiazole rings is 1. The Kier molecular flexibility index (Phi) is 8.53. The van der Waals surface area contributed by atoms with Crippen LogP contribution in [-0.2, 0) is 10.9 Å². The number of nitrogens with zero attached hydrogens (tertiary/aromatic N) is 4. The van der Waals surface area contributed by atoms with E-state index < -0.39 is 11.7 Å². The highest BCUT2D eigenvalue weighted by Crippen LogP contribution is 2.42. The first-order chi connectivity index (χ1) is 19.7. The molecule has 2 aromatic carbocycles. The fourth-order valence-electron chi connectivity index (χ4n) is 4.82. The predicted octanol–water partition coefficient (Wildman–Crippen LogP) is 7.79. The van der Waals surface area contributed by atoms with Crippen LogP contribution in [-0.4, -0.2) is 45.6 Å². The van der Waals surface area contributed by atoms with Gasteiger partial charge in [0.25, 0.3) is 0 Å². The van der Waals surface area contributed by atoms with Gasteiger partial charge in [-0.05, 0) is 50.5 Å². The summed E-state index contributed by atoms with van der Waals surface area (Å²) in [5.74, 6) is 0.466. The standard InChI is InChI=1S/C30H30F3N5O2S/c1-3-40-29(39)38-16-13-21(14-17-38)27-37-25(22-10-7-11-23(18-22)30(31,32)33)26(41-27)24-12-15-34-28(36-24)35-19(2)20-8-5-4-6-9-20/h4-12,15,18-19,21H,3,13-14,16-17H2,1-2H3,(H,34,35,36). The number of nitrogens with one attached hydrogen (secondary N) is 1. The van der Waals surface area contributed by atoms with E-state index in [0.717, 1.165) is 22.7 Å². The van der Waals surface area contributed by atoms with Crippen molar-refractivity contribution in [2.24, 2.45) is 0 Å². The quantitative estimate of drug-likeness (QED) is 0.240. The number of ether oxygens (including phenoxy) is 1. The molecule has 11 heteroatoms. The molecule has 41 heavy (non-hydrogen) atoms. The van der Waals surface area contributed by atoms with E-state index in [0.29, 0.717) is 60.3 Å². The summed E-state index contributed by atoms with van der Waals surface area (Å²) in [5, 5.41) is 4.12. The maximum atomic E-state index is 13.6. The largest absolute Gasteiger partial charge is 0.450 e. The lowest BCUT2D eigenvalue weighted by Gasteiger charge is -2.30. The molecule has 0 saturated carbocycles. The number of hydrogen-bond acceptors (Lipinski definition) is 7. The van der Waals surface area contributed by atoms with Crippen molar-refractivity contribution in [3.05, 3.63) is 83.0 Å². The first kappa shape index (κ1) is 28.5. The van der Waals surface area contributed by atoms with Crippen LogP contribution in [0.3, 0.4) is 0 Å². The molecule has 0 radical (unpaired) electrons. The van der Waals surface area contributed by atoms with Gasteiger partial charge in [0.05, 0.1) is 39.5 Å². The van der Waals surface area contributed by atoms with Gasteiger partial charge in [-0.3, -0.25) is 0 Å². The number of anilines is 1. The minimum atomic E-state index is -4.48. The average molecular weight is 582 g/mol. The molecule has 1 aliphatic heterocycles. The van der Waals surface area contributed by atoms with E-state index in [2.05, 4.69) is 10.3 Å². The Bertz CT molecular complexity index is 1490. The minimum Gasteiger partial charge on any atom is -0.450 e. The number of halogens is 3. The average Bonchev–Trinajstić information content (AvgIpc) is 3.43. The van der Waals surface area contributed by atoms with E-state index in [1.165, 1.54) is 17.4 Å². The molecule has 1 atom stereocenters. The number of benzene rings is 2. The molecule has 1 amide bonds. The number of carbonyl (C=O) groups excluding carboxylic acids is 1. The molecule has 1 N–H and O–H groups in total. The molecule has 4 aromatic rings. The van der Waals surface area contributed by atoms with Crippen LogP contribution in [0.4, 0.5) is 23.9 Å². The SMILES string of the molecule is CCOC(=O)N1CCC(c2nc(-c3cccc(C(F)(F)F)c3)c(-c3ccnc(NC(C)c4ccccc4)n3)s2)CC1. The third-order valence-electron chi connectivity index (χ3n) is 7.01. The van der Waals surface area contributed by atoms with Crippen molar-refractivity contribution in [2.45, 2.75) is 44.8 Å². The summed E-state index contributed by atoms with van der Waals surface area (Å²) in [6, 6.07) is 16.8. The molecule has 0 spiro atoms. The Balaban J connectivity index is 1.48. The van der Waals surface area contributed by atoms with Crippen molar-refractivity contribution in [3.63, 3.8) is 0 Å². The number of carbonyl (C=O) groups is 1. The third-order valence-corrected chi connectivity index (χ3v) is 8.25. The van der Waals surface area contributed by atoms with Crippen LogP contribution in [0.25, 0.3) is 21.8 Å². The number of amides is 1. The lowest BCUT2D eigenvalue weighted by atomic mass is 9.98. The highest BCUT2D eigenvalue weighted by molar-refractivity contribution is 7.15. The lowest BCUT2D eigenvalue weighted by Crippen LogP contribution is -2.38. The second-order valence-electron chi connectivity index (χ2n) is 9.81. The molecule has 0 bridgehead atoms. The Morgan fingerprint density at radius 2 is 1.85 bits per heavy atom. The van der Waals surface area contributed by atoms with Crippen molar-refractivity contribution < 1.29 is 22.7 Å². The van der Waals surface area contributed by atoms with Gasteiger partial charge in [-0.1, -0.05) is 42.5 Å². The Morgan fingerprint density at radius 1 is 1.10 bits per heavy atom. The van der Waals surface area contributed by atoms with Crippen LogP contribution in [0.1, 0.15) is 54.8 Å². The van der Waals surface area contributed by atoms with Gasteiger partial charge in [0.2, 0.25) is 5.95 Å². The van der Waals surface area contributed by atoms with Gasteiger partial charge in [0, 0.05) is 30.8 Å². The van der Waals surface area contributed by atoms with Crippen molar-refractivity contribution in [3.8, 4) is 21.8 Å². The maximum absolute atomic E-state index is 13.6. The maximum Gasteiger partial charge on any atom is 0.416 e. The van der Waals surface area contributed by atoms with Gasteiger partial charge in [-0.2, -0.15) is 13.2 Å². The van der Waals surface area contributed by atoms with Crippen molar-refractivity contribution in [1.29, 1.82) is 0 Å². The summed E-state index contributed by atoms with van der Waals surface area (Å²) in [5.41, 5.74) is 1.72. The number of likely N-dealkylation sites (tertiary alicyclic amines) is 1. The number of alkyl halides is 3. The fourth-order valence-corrected chi connectivity index (χ4v) is 6.05. The third kappa shape index (κ3) is 6.67. The van der Waals surface area contributed by atoms with E-state index in [9.17, 15) is 18.0 Å². The van der Waals surface area contributed by atoms with Crippen molar-refractivity contribution in [1.82, 2.24) is 19.9 Å². The molecule has 0 aliphatic carbocycles. The highest BCUT2D eigenvalue weighted by atomic mass is 32.1. The normalized spacial score (nSPS) is 15.0. The second kappa shape index (κ2) is 12.3. The van der Waals surface area contributed by atoms with E-state index in [1.807, 2.05) is 37.3 Å². The van der Waals surface area contributed by atoms with Gasteiger partial charge in [-0.25, -0.2) is 19.7 Å². The molecule has 1 aliphatic rings. The first-order valence-corrected chi connectivity index (χ1v) is 14.3. The van der Waals surface area contributed by atoms with Gasteiger partial charge in [0.15, 0.2) is 0 Å². The van der Waals surface area contributed by atoms with Gasteiger partial charge >= 0.3 is 12.3 Å². The number of hydrogen-bond donors (Lipinski definition) is 1. The summed E-state index contributed by atoms with van der Waals surface area (Å²) in [7, 11) is 0. The number of aromatic nitrogens is 3. The zero-order valence-electron chi connectivity index (χ0n) is 22.7. The summed E-state index contributed by atoms with van der Waals surface area (Å²) in [6.07, 6.45) is -1.82. The first-order valence-electron chi connectivity index (χ1n) is 13.5. The summed E-state index contributed by atoms with van der Waals surface area (Å²) < 4.78 is 45.9. The molecule has 2 aromatic heterocycles. The lowest BCUT2D eigenvalue weighted by molar-refractivity contribution is -0.137. The molecular formula is C30H30F3N5O2S. The zero-order chi connectivity index (χ0) is 29.0. The second-order valence-corrected chi connectivity index (χ2v) is 10.8. The van der Waals surface area contributed by atoms with Crippen LogP contribution in [0, 0.1) is 0 Å². The van der Waals surface area contributed by atoms with Crippen molar-refractivity contribution in [2.75, 3.05) is 25.0 Å². The van der Waals surface area contributed by atoms with E-state index in [-0.39, 0.29) is 18.1 Å². The molecule has 1 unspecified atom stereocenters. The molecule has 5 rings (SSSR count). The predicted molar refractivity (Wildman–Crippen MR) is 153 cm³/mol. The minimum absolute atomic E-state index is 0.0570. The van der Waals surface area contributed by atoms with Crippen LogP contribution in [0.15, 0.2) is 66.9 Å². The smallest absolute Gasteiger partial charge is 0.416 e. The molecule has 214 valence electrons. The highest BCUT2D eigenvalue weighted by Gasteiger charge is 2.32. The van der Waals surface area contributed by atoms with Crippen LogP contribution in [0.2, 0.25) is 0 Å². The van der Waals surface area contributed by atoms with Crippen LogP contribution in [0.5, 0.6) is 0 Å². The van der Waals surface area contributed by atoms with Crippen molar-refractivity contribution >= 4 is 23.4 Å². The van der Waals surface area contributed by atoms with E-state index in [4.69, 9.17) is 14.7 Å². The fraction of sp³-hybridized carbons (Fsp3) is 0.333. The Morgan fingerprint density at radius 3 is 2.56 bits per heavy atom. The van der Waals surface area contributed by atoms with E-state index in [1.54, 1.807) is 30.2 Å². The Labute approximate surface area is 240 Å². The number of rotatable bonds is 7. The molecule has 1 fully saturated rings. The molecule has 3 heterocycles. The van der Waals surface area contributed by atoms with Gasteiger partial charge in [-0.15, -0.1) is 11.3 Å².